The van der Waals surface area contributed by atoms with E-state index >= 15 is 0 Å². The minimum absolute atomic E-state index is 0.0942. The van der Waals surface area contributed by atoms with Crippen LogP contribution in [0.1, 0.15) is 6.92 Å². The van der Waals surface area contributed by atoms with Crippen LogP contribution >= 0.6 is 27.5 Å². The average Bonchev–Trinajstić information content (AvgIpc) is 2.28. The highest BCUT2D eigenvalue weighted by molar-refractivity contribution is 9.10. The van der Waals surface area contributed by atoms with Crippen LogP contribution in [0.3, 0.4) is 0 Å². The summed E-state index contributed by atoms with van der Waals surface area (Å²) in [5, 5.41) is 9.14. The van der Waals surface area contributed by atoms with Crippen LogP contribution in [-0.4, -0.2) is 12.4 Å². The maximum absolute atomic E-state index is 11.6. The van der Waals surface area contributed by atoms with Crippen molar-refractivity contribution in [2.45, 2.75) is 6.92 Å². The Balaban J connectivity index is 2.75. The summed E-state index contributed by atoms with van der Waals surface area (Å²) in [7, 11) is 0. The second kappa shape index (κ2) is 6.43. The lowest BCUT2D eigenvalue weighted by molar-refractivity contribution is -0.117. The fourth-order valence-corrected chi connectivity index (χ4v) is 1.91. The largest absolute Gasteiger partial charge is 0.484 e. The minimum Gasteiger partial charge on any atom is -0.484 e. The Kier molecular flexibility index (Phi) is 5.20. The van der Waals surface area contributed by atoms with Gasteiger partial charge in [0.1, 0.15) is 17.4 Å². The number of nitrogens with two attached hydrogens (primary N) is 1. The fraction of sp³-hybridized carbons (Fsp3) is 0.167. The Morgan fingerprint density at radius 3 is 2.78 bits per heavy atom. The molecule has 1 rings (SSSR count). The highest BCUT2D eigenvalue weighted by Crippen LogP contribution is 2.27. The summed E-state index contributed by atoms with van der Waals surface area (Å²) in [6.45, 7) is 1.21. The normalized spacial score (nSPS) is 11.4. The van der Waals surface area contributed by atoms with E-state index in [1.807, 2.05) is 0 Å². The summed E-state index contributed by atoms with van der Waals surface area (Å²) in [6, 6.07) is 6.76. The van der Waals surface area contributed by atoms with E-state index < -0.39 is 5.78 Å². The van der Waals surface area contributed by atoms with Crippen LogP contribution in [0.15, 0.2) is 33.9 Å². The van der Waals surface area contributed by atoms with E-state index in [4.69, 9.17) is 27.3 Å². The first-order valence-electron chi connectivity index (χ1n) is 4.93. The molecule has 0 radical (unpaired) electrons. The standard InChI is InChI=1S/C12H10BrClN2O2/c1-7(16)9(5-15)11(17)6-18-12-3-2-8(13)4-10(12)14/h2-4H,6,16H2,1H3/b9-7-. The van der Waals surface area contributed by atoms with E-state index in [1.165, 1.54) is 6.92 Å². The Morgan fingerprint density at radius 2 is 2.28 bits per heavy atom. The van der Waals surface area contributed by atoms with Crippen molar-refractivity contribution < 1.29 is 9.53 Å². The third kappa shape index (κ3) is 3.76. The van der Waals surface area contributed by atoms with Crippen LogP contribution in [0.4, 0.5) is 0 Å². The lowest BCUT2D eigenvalue weighted by Gasteiger charge is -2.07. The molecule has 0 saturated carbocycles. The van der Waals surface area contributed by atoms with Crippen LogP contribution in [-0.2, 0) is 4.79 Å². The number of carbonyl (C=O) groups excluding carboxylic acids is 1. The number of ether oxygens (including phenoxy) is 1. The molecular formula is C12H10BrClN2O2. The van der Waals surface area contributed by atoms with Gasteiger partial charge in [-0.1, -0.05) is 27.5 Å². The molecule has 0 heterocycles. The van der Waals surface area contributed by atoms with Gasteiger partial charge in [-0.15, -0.1) is 0 Å². The predicted octanol–water partition coefficient (Wildman–Crippen LogP) is 2.81. The molecule has 0 bridgehead atoms. The van der Waals surface area contributed by atoms with E-state index in [1.54, 1.807) is 24.3 Å². The maximum atomic E-state index is 11.6. The molecule has 0 aliphatic heterocycles. The molecule has 0 aromatic heterocycles. The lowest BCUT2D eigenvalue weighted by atomic mass is 10.1. The molecule has 0 aliphatic carbocycles. The Labute approximate surface area is 118 Å². The SMILES string of the molecule is C/C(N)=C(\C#N)C(=O)COc1ccc(Br)cc1Cl. The Morgan fingerprint density at radius 1 is 1.61 bits per heavy atom. The summed E-state index contributed by atoms with van der Waals surface area (Å²) in [6.07, 6.45) is 0. The zero-order valence-electron chi connectivity index (χ0n) is 9.54. The molecule has 94 valence electrons. The molecule has 4 nitrogen and oxygen atoms in total. The molecule has 18 heavy (non-hydrogen) atoms. The topological polar surface area (TPSA) is 76.1 Å². The molecule has 0 aliphatic rings. The van der Waals surface area contributed by atoms with Gasteiger partial charge in [-0.3, -0.25) is 4.79 Å². The highest BCUT2D eigenvalue weighted by Gasteiger charge is 2.13. The van der Waals surface area contributed by atoms with E-state index in [0.717, 1.165) is 4.47 Å². The average molecular weight is 330 g/mol. The number of halogens is 2. The smallest absolute Gasteiger partial charge is 0.212 e. The van der Waals surface area contributed by atoms with Gasteiger partial charge < -0.3 is 10.5 Å². The number of nitrogens with zero attached hydrogens (tertiary/aromatic N) is 1. The van der Waals surface area contributed by atoms with Crippen LogP contribution in [0.25, 0.3) is 0 Å². The van der Waals surface area contributed by atoms with E-state index in [2.05, 4.69) is 15.9 Å². The predicted molar refractivity (Wildman–Crippen MR) is 72.2 cm³/mol. The van der Waals surface area contributed by atoms with Gasteiger partial charge in [-0.05, 0) is 25.1 Å². The second-order valence-electron chi connectivity index (χ2n) is 3.46. The Hall–Kier alpha value is -1.51. The first-order chi connectivity index (χ1) is 8.45. The first-order valence-corrected chi connectivity index (χ1v) is 6.10. The quantitative estimate of drug-likeness (QED) is 0.681. The zero-order valence-corrected chi connectivity index (χ0v) is 11.9. The van der Waals surface area contributed by atoms with Crippen molar-refractivity contribution in [1.29, 1.82) is 5.26 Å². The summed E-state index contributed by atoms with van der Waals surface area (Å²) < 4.78 is 6.05. The summed E-state index contributed by atoms with van der Waals surface area (Å²) in [4.78, 5) is 11.6. The summed E-state index contributed by atoms with van der Waals surface area (Å²) in [5.41, 5.74) is 5.50. The molecule has 0 unspecified atom stereocenters. The van der Waals surface area contributed by atoms with Gasteiger partial charge in [0.05, 0.1) is 5.02 Å². The van der Waals surface area contributed by atoms with Crippen molar-refractivity contribution in [2.24, 2.45) is 5.73 Å². The van der Waals surface area contributed by atoms with Crippen LogP contribution in [0.5, 0.6) is 5.75 Å². The molecule has 2 N–H and O–H groups in total. The number of carbonyl (C=O) groups is 1. The number of Topliss-reactive ketones (excluding diaryl/α,β-unsaturated/α-hetero) is 1. The lowest BCUT2D eigenvalue weighted by Crippen LogP contribution is -2.16. The molecule has 0 saturated heterocycles. The van der Waals surface area contributed by atoms with E-state index in [-0.39, 0.29) is 17.9 Å². The molecule has 0 amide bonds. The van der Waals surface area contributed by atoms with Gasteiger partial charge in [0, 0.05) is 10.2 Å². The van der Waals surface area contributed by atoms with Crippen molar-refractivity contribution in [3.05, 3.63) is 39.0 Å². The van der Waals surface area contributed by atoms with Gasteiger partial charge in [0.25, 0.3) is 0 Å². The molecule has 0 fully saturated rings. The van der Waals surface area contributed by atoms with Gasteiger partial charge in [-0.25, -0.2) is 0 Å². The van der Waals surface area contributed by atoms with Crippen molar-refractivity contribution >= 4 is 33.3 Å². The molecule has 1 aromatic rings. The van der Waals surface area contributed by atoms with Gasteiger partial charge in [0.2, 0.25) is 5.78 Å². The zero-order chi connectivity index (χ0) is 13.7. The molecule has 1 aromatic carbocycles. The van der Waals surface area contributed by atoms with E-state index in [0.29, 0.717) is 10.8 Å². The summed E-state index contributed by atoms with van der Waals surface area (Å²) in [5.74, 6) is -0.100. The number of hydrogen-bond donors (Lipinski definition) is 1. The van der Waals surface area contributed by atoms with Crippen LogP contribution in [0.2, 0.25) is 5.02 Å². The van der Waals surface area contributed by atoms with E-state index in [9.17, 15) is 4.79 Å². The number of hydrogen-bond acceptors (Lipinski definition) is 4. The van der Waals surface area contributed by atoms with Gasteiger partial charge >= 0.3 is 0 Å². The van der Waals surface area contributed by atoms with Crippen LogP contribution < -0.4 is 10.5 Å². The number of nitriles is 1. The highest BCUT2D eigenvalue weighted by atomic mass is 79.9. The third-order valence-electron chi connectivity index (χ3n) is 2.04. The molecule has 6 heteroatoms. The van der Waals surface area contributed by atoms with Gasteiger partial charge in [0.15, 0.2) is 6.61 Å². The number of benzene rings is 1. The monoisotopic (exact) mass is 328 g/mol. The molecule has 0 spiro atoms. The second-order valence-corrected chi connectivity index (χ2v) is 4.78. The molecular weight excluding hydrogens is 320 g/mol. The van der Waals surface area contributed by atoms with Crippen molar-refractivity contribution in [3.8, 4) is 11.8 Å². The van der Waals surface area contributed by atoms with Crippen molar-refractivity contribution in [1.82, 2.24) is 0 Å². The maximum Gasteiger partial charge on any atom is 0.212 e. The number of allylic oxidation sites excluding steroid dienone is 1. The number of ketones is 1. The summed E-state index contributed by atoms with van der Waals surface area (Å²) >= 11 is 9.18. The third-order valence-corrected chi connectivity index (χ3v) is 2.83. The number of rotatable bonds is 4. The van der Waals surface area contributed by atoms with Crippen molar-refractivity contribution in [2.75, 3.05) is 6.61 Å². The Bertz CT molecular complexity index is 545. The fourth-order valence-electron chi connectivity index (χ4n) is 1.18. The minimum atomic E-state index is -0.475. The van der Waals surface area contributed by atoms with Gasteiger partial charge in [-0.2, -0.15) is 5.26 Å². The molecule has 0 atom stereocenters. The van der Waals surface area contributed by atoms with Crippen molar-refractivity contribution in [3.63, 3.8) is 0 Å². The van der Waals surface area contributed by atoms with Crippen LogP contribution in [0, 0.1) is 11.3 Å². The first kappa shape index (κ1) is 14.6.